The lowest BCUT2D eigenvalue weighted by Crippen LogP contribution is -2.34. The number of imide groups is 1. The third-order valence-corrected chi connectivity index (χ3v) is 7.64. The summed E-state index contributed by atoms with van der Waals surface area (Å²) >= 11 is 0. The number of amides is 2. The molecule has 2 aromatic rings. The molecule has 5 nitrogen and oxygen atoms in total. The Balaban J connectivity index is 1.34. The highest BCUT2D eigenvalue weighted by molar-refractivity contribution is 6.22. The van der Waals surface area contributed by atoms with Crippen LogP contribution in [0.5, 0.6) is 5.75 Å². The standard InChI is InChI=1S/C29H31NO4/c1-3-19(16-20-9-7-8-12-24(20)31)13-14-25-26-18(2)15-22-27(23(26)17-34-25)29(33)30(28(22)32)21-10-5-4-6-11-21/h4-12,16,22-23,25,27,31H,3,13-15,17H2,1-2H3/b19-16+/t22-,23+,25-,27-/m1/s1. The molecular weight excluding hydrogens is 426 g/mol. The summed E-state index contributed by atoms with van der Waals surface area (Å²) in [6.45, 7) is 4.72. The molecule has 0 spiro atoms. The molecule has 5 rings (SSSR count). The van der Waals surface area contributed by atoms with Gasteiger partial charge >= 0.3 is 0 Å². The first-order chi connectivity index (χ1) is 16.5. The number of nitrogens with zero attached hydrogens (tertiary/aromatic N) is 1. The van der Waals surface area contributed by atoms with Gasteiger partial charge in [0.1, 0.15) is 5.75 Å². The molecular formula is C29H31NO4. The van der Waals surface area contributed by atoms with E-state index in [1.807, 2.05) is 48.5 Å². The van der Waals surface area contributed by atoms with E-state index in [2.05, 4.69) is 19.9 Å². The molecule has 0 aromatic heterocycles. The van der Waals surface area contributed by atoms with Gasteiger partial charge in [-0.2, -0.15) is 0 Å². The normalized spacial score (nSPS) is 26.8. The number of aromatic hydroxyl groups is 1. The van der Waals surface area contributed by atoms with E-state index in [0.29, 0.717) is 18.7 Å². The lowest BCUT2D eigenvalue weighted by Gasteiger charge is -2.30. The molecule has 2 aromatic carbocycles. The number of para-hydroxylation sites is 2. The number of ether oxygens (including phenoxy) is 1. The summed E-state index contributed by atoms with van der Waals surface area (Å²) in [6, 6.07) is 16.6. The number of hydrogen-bond acceptors (Lipinski definition) is 4. The largest absolute Gasteiger partial charge is 0.507 e. The van der Waals surface area contributed by atoms with Gasteiger partial charge in [-0.3, -0.25) is 14.5 Å². The van der Waals surface area contributed by atoms with Crippen LogP contribution in [0.1, 0.15) is 45.1 Å². The number of phenols is 1. The van der Waals surface area contributed by atoms with Crippen LogP contribution in [-0.2, 0) is 14.3 Å². The van der Waals surface area contributed by atoms with E-state index in [9.17, 15) is 14.7 Å². The predicted molar refractivity (Wildman–Crippen MR) is 132 cm³/mol. The van der Waals surface area contributed by atoms with Crippen LogP contribution < -0.4 is 4.90 Å². The monoisotopic (exact) mass is 457 g/mol. The number of carbonyl (C=O) groups is 2. The quantitative estimate of drug-likeness (QED) is 0.459. The minimum atomic E-state index is -0.334. The molecule has 5 heteroatoms. The predicted octanol–water partition coefficient (Wildman–Crippen LogP) is 5.51. The third kappa shape index (κ3) is 3.88. The van der Waals surface area contributed by atoms with Crippen molar-refractivity contribution in [1.29, 1.82) is 0 Å². The van der Waals surface area contributed by atoms with Crippen molar-refractivity contribution < 1.29 is 19.4 Å². The van der Waals surface area contributed by atoms with Crippen LogP contribution in [0.4, 0.5) is 5.69 Å². The molecule has 0 unspecified atom stereocenters. The average molecular weight is 458 g/mol. The molecule has 34 heavy (non-hydrogen) atoms. The molecule has 2 fully saturated rings. The number of anilines is 1. The Morgan fingerprint density at radius 2 is 1.79 bits per heavy atom. The average Bonchev–Trinajstić information content (AvgIpc) is 3.37. The van der Waals surface area contributed by atoms with Gasteiger partial charge in [0.25, 0.3) is 0 Å². The fraction of sp³-hybridized carbons (Fsp3) is 0.379. The van der Waals surface area contributed by atoms with E-state index < -0.39 is 0 Å². The van der Waals surface area contributed by atoms with Gasteiger partial charge < -0.3 is 9.84 Å². The smallest absolute Gasteiger partial charge is 0.238 e. The molecule has 2 heterocycles. The van der Waals surface area contributed by atoms with Crippen LogP contribution in [-0.4, -0.2) is 29.6 Å². The zero-order valence-corrected chi connectivity index (χ0v) is 19.7. The molecule has 3 aliphatic rings. The molecule has 2 amide bonds. The second-order valence-corrected chi connectivity index (χ2v) is 9.60. The highest BCUT2D eigenvalue weighted by Gasteiger charge is 2.56. The molecule has 2 saturated heterocycles. The van der Waals surface area contributed by atoms with Crippen molar-refractivity contribution in [3.05, 3.63) is 76.9 Å². The van der Waals surface area contributed by atoms with Crippen molar-refractivity contribution in [2.24, 2.45) is 17.8 Å². The molecule has 1 N–H and O–H groups in total. The van der Waals surface area contributed by atoms with E-state index in [4.69, 9.17) is 4.74 Å². The van der Waals surface area contributed by atoms with Gasteiger partial charge in [-0.1, -0.05) is 60.5 Å². The van der Waals surface area contributed by atoms with Crippen molar-refractivity contribution in [3.63, 3.8) is 0 Å². The van der Waals surface area contributed by atoms with Crippen LogP contribution in [0, 0.1) is 17.8 Å². The van der Waals surface area contributed by atoms with Gasteiger partial charge in [0.2, 0.25) is 11.8 Å². The minimum absolute atomic E-state index is 0.0267. The lowest BCUT2D eigenvalue weighted by atomic mass is 9.70. The number of fused-ring (bicyclic) bond motifs is 3. The number of hydrogen-bond donors (Lipinski definition) is 1. The Bertz CT molecular complexity index is 1170. The molecule has 4 atom stereocenters. The van der Waals surface area contributed by atoms with Crippen LogP contribution in [0.15, 0.2) is 71.3 Å². The SMILES string of the molecule is CC/C(=C\c1ccccc1O)CC[C@H]1OC[C@H]2C1=C(C)C[C@H]1C(=O)N(c3ccccc3)C(=O)[C@H]12. The van der Waals surface area contributed by atoms with Crippen LogP contribution >= 0.6 is 0 Å². The topological polar surface area (TPSA) is 66.8 Å². The Labute approximate surface area is 200 Å². The molecule has 1 aliphatic carbocycles. The molecule has 0 radical (unpaired) electrons. The summed E-state index contributed by atoms with van der Waals surface area (Å²) in [4.78, 5) is 28.1. The Morgan fingerprint density at radius 3 is 2.53 bits per heavy atom. The van der Waals surface area contributed by atoms with Gasteiger partial charge in [-0.15, -0.1) is 0 Å². The van der Waals surface area contributed by atoms with Crippen LogP contribution in [0.2, 0.25) is 0 Å². The first kappa shape index (κ1) is 22.6. The first-order valence-corrected chi connectivity index (χ1v) is 12.2. The third-order valence-electron chi connectivity index (χ3n) is 7.64. The fourth-order valence-electron chi connectivity index (χ4n) is 5.96. The zero-order valence-electron chi connectivity index (χ0n) is 19.7. The molecule has 176 valence electrons. The second kappa shape index (κ2) is 9.22. The van der Waals surface area contributed by atoms with Gasteiger partial charge in [0.15, 0.2) is 0 Å². The second-order valence-electron chi connectivity index (χ2n) is 9.60. The lowest BCUT2D eigenvalue weighted by molar-refractivity contribution is -0.122. The Kier molecular flexibility index (Phi) is 6.13. The van der Waals surface area contributed by atoms with E-state index in [0.717, 1.165) is 24.8 Å². The summed E-state index contributed by atoms with van der Waals surface area (Å²) in [5, 5.41) is 10.1. The van der Waals surface area contributed by atoms with Crippen molar-refractivity contribution in [1.82, 2.24) is 0 Å². The summed E-state index contributed by atoms with van der Waals surface area (Å²) in [5.41, 5.74) is 5.17. The van der Waals surface area contributed by atoms with Crippen molar-refractivity contribution in [2.45, 2.75) is 45.6 Å². The van der Waals surface area contributed by atoms with Crippen molar-refractivity contribution in [2.75, 3.05) is 11.5 Å². The maximum absolute atomic E-state index is 13.4. The zero-order chi connectivity index (χ0) is 23.8. The summed E-state index contributed by atoms with van der Waals surface area (Å²) in [6.07, 6.45) is 5.25. The maximum Gasteiger partial charge on any atom is 0.238 e. The van der Waals surface area contributed by atoms with Gasteiger partial charge in [0.05, 0.1) is 30.2 Å². The van der Waals surface area contributed by atoms with E-state index >= 15 is 0 Å². The molecule has 0 bridgehead atoms. The Hall–Kier alpha value is -3.18. The number of benzene rings is 2. The summed E-state index contributed by atoms with van der Waals surface area (Å²) in [5.74, 6) is -0.540. The highest BCUT2D eigenvalue weighted by atomic mass is 16.5. The molecule has 2 aliphatic heterocycles. The van der Waals surface area contributed by atoms with Gasteiger partial charge in [-0.25, -0.2) is 0 Å². The molecule has 0 saturated carbocycles. The highest BCUT2D eigenvalue weighted by Crippen LogP contribution is 2.50. The first-order valence-electron chi connectivity index (χ1n) is 12.2. The number of carbonyl (C=O) groups excluding carboxylic acids is 2. The van der Waals surface area contributed by atoms with Crippen LogP contribution in [0.3, 0.4) is 0 Å². The van der Waals surface area contributed by atoms with E-state index in [1.54, 1.807) is 6.07 Å². The van der Waals surface area contributed by atoms with Crippen molar-refractivity contribution >= 4 is 23.6 Å². The van der Waals surface area contributed by atoms with Gasteiger partial charge in [-0.05, 0) is 56.4 Å². The summed E-state index contributed by atoms with van der Waals surface area (Å²) < 4.78 is 6.26. The van der Waals surface area contributed by atoms with Crippen molar-refractivity contribution in [3.8, 4) is 5.75 Å². The van der Waals surface area contributed by atoms with E-state index in [1.165, 1.54) is 21.6 Å². The van der Waals surface area contributed by atoms with Gasteiger partial charge in [0, 0.05) is 11.5 Å². The Morgan fingerprint density at radius 1 is 1.06 bits per heavy atom. The minimum Gasteiger partial charge on any atom is -0.507 e. The maximum atomic E-state index is 13.4. The van der Waals surface area contributed by atoms with Crippen LogP contribution in [0.25, 0.3) is 6.08 Å². The number of rotatable bonds is 6. The summed E-state index contributed by atoms with van der Waals surface area (Å²) in [7, 11) is 0. The fourth-order valence-corrected chi connectivity index (χ4v) is 5.96. The number of phenolic OH excluding ortho intramolecular Hbond substituents is 1. The van der Waals surface area contributed by atoms with E-state index in [-0.39, 0.29) is 41.4 Å². The number of allylic oxidation sites excluding steroid dienone is 2.